The number of aromatic nitrogens is 3. The number of carbonyl (C=O) groups excluding carboxylic acids is 1. The van der Waals surface area contributed by atoms with Crippen molar-refractivity contribution in [2.45, 2.75) is 26.3 Å². The fraction of sp³-hybridized carbons (Fsp3) is 0.208. The highest BCUT2D eigenvalue weighted by atomic mass is 16.2. The van der Waals surface area contributed by atoms with E-state index in [-0.39, 0.29) is 11.5 Å². The third-order valence-electron chi connectivity index (χ3n) is 5.57. The van der Waals surface area contributed by atoms with Gasteiger partial charge in [-0.3, -0.25) is 9.59 Å². The van der Waals surface area contributed by atoms with Crippen LogP contribution in [-0.4, -0.2) is 26.8 Å². The average molecular weight is 398 g/mol. The maximum absolute atomic E-state index is 13.6. The van der Waals surface area contributed by atoms with E-state index in [9.17, 15) is 9.59 Å². The van der Waals surface area contributed by atoms with Gasteiger partial charge in [0, 0.05) is 31.2 Å². The van der Waals surface area contributed by atoms with Crippen LogP contribution in [0.1, 0.15) is 29.3 Å². The van der Waals surface area contributed by atoms with Gasteiger partial charge in [-0.2, -0.15) is 9.78 Å². The second kappa shape index (κ2) is 7.30. The fourth-order valence-electron chi connectivity index (χ4n) is 4.14. The molecule has 0 bridgehead atoms. The third-order valence-corrected chi connectivity index (χ3v) is 5.57. The lowest BCUT2D eigenvalue weighted by Crippen LogP contribution is -2.30. The number of carbonyl (C=O) groups is 1. The summed E-state index contributed by atoms with van der Waals surface area (Å²) < 4.78 is 3.31. The van der Waals surface area contributed by atoms with Gasteiger partial charge in [0.05, 0.1) is 16.8 Å². The molecule has 0 aliphatic carbocycles. The summed E-state index contributed by atoms with van der Waals surface area (Å²) >= 11 is 0. The summed E-state index contributed by atoms with van der Waals surface area (Å²) in [6, 6.07) is 17.3. The van der Waals surface area contributed by atoms with E-state index >= 15 is 0 Å². The molecule has 5 rings (SSSR count). The molecule has 3 aliphatic heterocycles. The molecule has 0 unspecified atom stereocenters. The summed E-state index contributed by atoms with van der Waals surface area (Å²) in [5.74, 6) is -0.117. The van der Waals surface area contributed by atoms with Gasteiger partial charge in [0.15, 0.2) is 0 Å². The molecule has 2 aromatic carbocycles. The average Bonchev–Trinajstić information content (AvgIpc) is 3.35. The van der Waals surface area contributed by atoms with E-state index in [1.165, 1.54) is 10.2 Å². The van der Waals surface area contributed by atoms with E-state index in [2.05, 4.69) is 18.1 Å². The summed E-state index contributed by atoms with van der Waals surface area (Å²) in [5.41, 5.74) is 3.95. The lowest BCUT2D eigenvalue weighted by atomic mass is 10.1. The van der Waals surface area contributed by atoms with Crippen LogP contribution < -0.4 is 10.5 Å². The Hall–Kier alpha value is -3.67. The van der Waals surface area contributed by atoms with Gasteiger partial charge in [-0.1, -0.05) is 43.3 Å². The van der Waals surface area contributed by atoms with Crippen LogP contribution in [0.25, 0.3) is 16.9 Å². The van der Waals surface area contributed by atoms with E-state index in [1.807, 2.05) is 65.5 Å². The van der Waals surface area contributed by atoms with E-state index in [0.29, 0.717) is 29.1 Å². The van der Waals surface area contributed by atoms with Crippen LogP contribution in [0.2, 0.25) is 0 Å². The van der Waals surface area contributed by atoms with Crippen molar-refractivity contribution in [2.24, 2.45) is 0 Å². The topological polar surface area (TPSA) is 60.1 Å². The van der Waals surface area contributed by atoms with Gasteiger partial charge in [-0.25, -0.2) is 0 Å². The number of rotatable bonds is 4. The number of para-hydroxylation sites is 2. The molecular weight excluding hydrogens is 376 g/mol. The molecule has 0 fully saturated rings. The second-order valence-electron chi connectivity index (χ2n) is 7.56. The van der Waals surface area contributed by atoms with Crippen LogP contribution in [0.3, 0.4) is 0 Å². The quantitative estimate of drug-likeness (QED) is 0.526. The predicted molar refractivity (Wildman–Crippen MR) is 117 cm³/mol. The Morgan fingerprint density at radius 3 is 2.60 bits per heavy atom. The number of hydrogen-bond acceptors (Lipinski definition) is 3. The maximum atomic E-state index is 13.6. The highest BCUT2D eigenvalue weighted by Gasteiger charge is 2.30. The lowest BCUT2D eigenvalue weighted by Gasteiger charge is -2.19. The normalized spacial score (nSPS) is 13.0. The van der Waals surface area contributed by atoms with Gasteiger partial charge >= 0.3 is 0 Å². The molecule has 0 spiro atoms. The van der Waals surface area contributed by atoms with Gasteiger partial charge in [0.1, 0.15) is 5.69 Å². The number of amides is 1. The Morgan fingerprint density at radius 2 is 1.80 bits per heavy atom. The van der Waals surface area contributed by atoms with Crippen LogP contribution in [0.15, 0.2) is 71.8 Å². The molecule has 0 saturated heterocycles. The van der Waals surface area contributed by atoms with E-state index in [4.69, 9.17) is 0 Å². The summed E-state index contributed by atoms with van der Waals surface area (Å²) in [7, 11) is 0. The van der Waals surface area contributed by atoms with Crippen LogP contribution in [0.4, 0.5) is 5.69 Å². The molecule has 30 heavy (non-hydrogen) atoms. The predicted octanol–water partition coefficient (Wildman–Crippen LogP) is 3.75. The van der Waals surface area contributed by atoms with E-state index in [0.717, 1.165) is 25.1 Å². The van der Waals surface area contributed by atoms with Crippen LogP contribution in [0.5, 0.6) is 0 Å². The number of aryl methyl sites for hydroxylation is 1. The first kappa shape index (κ1) is 18.4. The van der Waals surface area contributed by atoms with Crippen molar-refractivity contribution in [1.29, 1.82) is 0 Å². The lowest BCUT2D eigenvalue weighted by molar-refractivity contribution is 0.0989. The highest BCUT2D eigenvalue weighted by molar-refractivity contribution is 6.10. The summed E-state index contributed by atoms with van der Waals surface area (Å²) in [6.07, 6.45) is 5.37. The second-order valence-corrected chi connectivity index (χ2v) is 7.56. The van der Waals surface area contributed by atoms with Crippen LogP contribution in [-0.2, 0) is 13.0 Å². The molecule has 0 saturated carbocycles. The standard InChI is InChI=1S/C24H22N4O2/c1-2-13-26-15-19(23(29)27-14-12-17-8-6-7-11-21(17)27)22-20(16-26)24(30)28(25-22)18-9-4-3-5-10-18/h3-11,15-16H,2,12-14H2,1H3. The Labute approximate surface area is 174 Å². The SMILES string of the molecule is CCCn1cc(C(=O)N2CCc3ccccc32)c2nn(-c3ccccc3)c(=O)c-2c1. The van der Waals surface area contributed by atoms with Gasteiger partial charge in [0.25, 0.3) is 11.5 Å². The van der Waals surface area contributed by atoms with Crippen molar-refractivity contribution < 1.29 is 4.79 Å². The number of pyridine rings is 1. The molecule has 6 heteroatoms. The minimum atomic E-state index is -0.211. The van der Waals surface area contributed by atoms with E-state index in [1.54, 1.807) is 4.90 Å². The summed E-state index contributed by atoms with van der Waals surface area (Å²) in [6.45, 7) is 3.43. The number of nitrogens with zero attached hydrogens (tertiary/aromatic N) is 4. The van der Waals surface area contributed by atoms with Crippen molar-refractivity contribution in [3.8, 4) is 16.9 Å². The summed E-state index contributed by atoms with van der Waals surface area (Å²) in [5, 5.41) is 4.58. The largest absolute Gasteiger partial charge is 0.353 e. The Bertz CT molecular complexity index is 1260. The van der Waals surface area contributed by atoms with E-state index < -0.39 is 0 Å². The maximum Gasteiger partial charge on any atom is 0.282 e. The molecule has 3 aliphatic rings. The van der Waals surface area contributed by atoms with Gasteiger partial charge in [-0.05, 0) is 36.6 Å². The van der Waals surface area contributed by atoms with Crippen LogP contribution in [0, 0.1) is 0 Å². The Morgan fingerprint density at radius 1 is 1.03 bits per heavy atom. The molecule has 150 valence electrons. The van der Waals surface area contributed by atoms with Crippen molar-refractivity contribution >= 4 is 11.6 Å². The summed E-state index contributed by atoms with van der Waals surface area (Å²) in [4.78, 5) is 28.5. The zero-order valence-electron chi connectivity index (χ0n) is 16.8. The molecular formula is C24H22N4O2. The van der Waals surface area contributed by atoms with Crippen molar-refractivity contribution in [3.05, 3.63) is 88.5 Å². The molecule has 0 N–H and O–H groups in total. The Kier molecular flexibility index (Phi) is 4.47. The zero-order valence-corrected chi connectivity index (χ0v) is 16.8. The minimum absolute atomic E-state index is 0.117. The van der Waals surface area contributed by atoms with Gasteiger partial charge in [-0.15, -0.1) is 0 Å². The smallest absolute Gasteiger partial charge is 0.282 e. The molecule has 0 aromatic heterocycles. The number of benzene rings is 2. The van der Waals surface area contributed by atoms with Crippen molar-refractivity contribution in [1.82, 2.24) is 14.3 Å². The molecule has 6 nitrogen and oxygen atoms in total. The minimum Gasteiger partial charge on any atom is -0.353 e. The first-order valence-corrected chi connectivity index (χ1v) is 10.3. The monoisotopic (exact) mass is 398 g/mol. The van der Waals surface area contributed by atoms with Gasteiger partial charge < -0.3 is 9.47 Å². The molecule has 3 heterocycles. The molecule has 0 radical (unpaired) electrons. The molecule has 2 aromatic rings. The van der Waals surface area contributed by atoms with Gasteiger partial charge in [0.2, 0.25) is 0 Å². The zero-order chi connectivity index (χ0) is 20.7. The number of anilines is 1. The first-order valence-electron chi connectivity index (χ1n) is 10.3. The van der Waals surface area contributed by atoms with Crippen molar-refractivity contribution in [2.75, 3.05) is 11.4 Å². The molecule has 0 atom stereocenters. The fourth-order valence-corrected chi connectivity index (χ4v) is 4.14. The number of fused-ring (bicyclic) bond motifs is 2. The number of hydrogen-bond donors (Lipinski definition) is 0. The highest BCUT2D eigenvalue weighted by Crippen LogP contribution is 2.31. The Balaban J connectivity index is 1.67. The van der Waals surface area contributed by atoms with Crippen molar-refractivity contribution in [3.63, 3.8) is 0 Å². The third kappa shape index (κ3) is 2.92. The molecule has 1 amide bonds. The first-order chi connectivity index (χ1) is 14.7. The van der Waals surface area contributed by atoms with Crippen LogP contribution >= 0.6 is 0 Å².